The van der Waals surface area contributed by atoms with E-state index in [1.165, 1.54) is 6.08 Å². The molecule has 2 heterocycles. The second kappa shape index (κ2) is 8.25. The van der Waals surface area contributed by atoms with E-state index in [-0.39, 0.29) is 12.5 Å². The number of rotatable bonds is 4. The third-order valence-electron chi connectivity index (χ3n) is 4.54. The molecule has 6 nitrogen and oxygen atoms in total. The molecule has 2 aliphatic rings. The van der Waals surface area contributed by atoms with Gasteiger partial charge in [-0.05, 0) is 42.0 Å². The van der Waals surface area contributed by atoms with Crippen molar-refractivity contribution >= 4 is 18.0 Å². The molecule has 0 bridgehead atoms. The first-order chi connectivity index (χ1) is 12.5. The van der Waals surface area contributed by atoms with Crippen LogP contribution in [0, 0.1) is 11.8 Å². The molecule has 2 atom stereocenters. The normalized spacial score (nSPS) is 22.3. The van der Waals surface area contributed by atoms with Crippen LogP contribution in [0.3, 0.4) is 0 Å². The van der Waals surface area contributed by atoms with E-state index >= 15 is 0 Å². The van der Waals surface area contributed by atoms with Crippen LogP contribution >= 0.6 is 0 Å². The molecule has 140 valence electrons. The van der Waals surface area contributed by atoms with E-state index in [4.69, 9.17) is 14.2 Å². The smallest absolute Gasteiger partial charge is 0.331 e. The second-order valence-corrected chi connectivity index (χ2v) is 7.09. The molecule has 0 N–H and O–H groups in total. The molecule has 0 spiro atoms. The fourth-order valence-electron chi connectivity index (χ4n) is 3.47. The summed E-state index contributed by atoms with van der Waals surface area (Å²) in [4.78, 5) is 25.9. The number of piperidine rings is 1. The van der Waals surface area contributed by atoms with Crippen molar-refractivity contribution in [2.45, 2.75) is 20.3 Å². The maximum atomic E-state index is 12.2. The number of hydrogen-bond acceptors (Lipinski definition) is 5. The predicted molar refractivity (Wildman–Crippen MR) is 97.0 cm³/mol. The predicted octanol–water partition coefficient (Wildman–Crippen LogP) is 2.52. The summed E-state index contributed by atoms with van der Waals surface area (Å²) in [6.45, 7) is 6.57. The molecule has 1 aromatic carbocycles. The van der Waals surface area contributed by atoms with Crippen molar-refractivity contribution in [2.75, 3.05) is 32.9 Å². The number of carbonyl (C=O) groups is 2. The Kier molecular flexibility index (Phi) is 5.81. The highest BCUT2D eigenvalue weighted by atomic mass is 16.6. The van der Waals surface area contributed by atoms with Crippen LogP contribution in [0.5, 0.6) is 11.5 Å². The monoisotopic (exact) mass is 359 g/mol. The Balaban J connectivity index is 1.49. The van der Waals surface area contributed by atoms with E-state index in [1.54, 1.807) is 17.0 Å². The van der Waals surface area contributed by atoms with Gasteiger partial charge in [0.2, 0.25) is 0 Å². The van der Waals surface area contributed by atoms with Crippen LogP contribution in [0.1, 0.15) is 25.8 Å². The number of ether oxygens (including phenoxy) is 3. The van der Waals surface area contributed by atoms with Gasteiger partial charge in [-0.1, -0.05) is 19.9 Å². The van der Waals surface area contributed by atoms with Gasteiger partial charge in [-0.3, -0.25) is 4.79 Å². The van der Waals surface area contributed by atoms with Gasteiger partial charge in [-0.2, -0.15) is 0 Å². The zero-order chi connectivity index (χ0) is 18.5. The molecule has 1 fully saturated rings. The van der Waals surface area contributed by atoms with Crippen molar-refractivity contribution in [3.8, 4) is 11.5 Å². The molecular weight excluding hydrogens is 334 g/mol. The maximum absolute atomic E-state index is 12.2. The van der Waals surface area contributed by atoms with E-state index in [2.05, 4.69) is 13.8 Å². The minimum Gasteiger partial charge on any atom is -0.486 e. The summed E-state index contributed by atoms with van der Waals surface area (Å²) >= 11 is 0. The Labute approximate surface area is 153 Å². The minimum atomic E-state index is -0.536. The minimum absolute atomic E-state index is 0.135. The number of esters is 1. The summed E-state index contributed by atoms with van der Waals surface area (Å²) in [6.07, 6.45) is 4.08. The fourth-order valence-corrected chi connectivity index (χ4v) is 3.47. The number of benzene rings is 1. The lowest BCUT2D eigenvalue weighted by atomic mass is 9.92. The zero-order valence-corrected chi connectivity index (χ0v) is 15.3. The molecule has 1 aromatic rings. The highest BCUT2D eigenvalue weighted by molar-refractivity contribution is 5.89. The summed E-state index contributed by atoms with van der Waals surface area (Å²) in [6, 6.07) is 5.45. The fraction of sp³-hybridized carbons (Fsp3) is 0.500. The number of carbonyl (C=O) groups excluding carboxylic acids is 2. The van der Waals surface area contributed by atoms with Crippen molar-refractivity contribution in [1.82, 2.24) is 4.90 Å². The molecule has 0 unspecified atom stereocenters. The van der Waals surface area contributed by atoms with Crippen LogP contribution in [-0.2, 0) is 14.3 Å². The van der Waals surface area contributed by atoms with Crippen molar-refractivity contribution < 1.29 is 23.8 Å². The third-order valence-corrected chi connectivity index (χ3v) is 4.54. The third kappa shape index (κ3) is 4.77. The van der Waals surface area contributed by atoms with Crippen LogP contribution < -0.4 is 9.47 Å². The highest BCUT2D eigenvalue weighted by Crippen LogP contribution is 2.31. The van der Waals surface area contributed by atoms with E-state index in [0.29, 0.717) is 36.5 Å². The number of nitrogens with zero attached hydrogens (tertiary/aromatic N) is 1. The Hall–Kier alpha value is -2.50. The number of likely N-dealkylation sites (tertiary alicyclic amines) is 1. The van der Waals surface area contributed by atoms with Crippen LogP contribution in [-0.4, -0.2) is 49.7 Å². The molecule has 0 saturated carbocycles. The van der Waals surface area contributed by atoms with Crippen LogP contribution in [0.15, 0.2) is 24.3 Å². The van der Waals surface area contributed by atoms with Crippen molar-refractivity contribution in [3.63, 3.8) is 0 Å². The standard InChI is InChI=1S/C20H25NO5/c1-14-9-15(2)12-21(11-14)19(22)13-26-20(23)6-4-16-3-5-17-18(10-16)25-8-7-24-17/h3-6,10,14-15H,7-9,11-13H2,1-2H3/b6-4+/t14-,15+. The Morgan fingerprint density at radius 1 is 1.15 bits per heavy atom. The molecule has 1 saturated heterocycles. The SMILES string of the molecule is C[C@@H]1C[C@H](C)CN(C(=O)COC(=O)/C=C/c2ccc3c(c2)OCCO3)C1. The van der Waals surface area contributed by atoms with Crippen LogP contribution in [0.4, 0.5) is 0 Å². The number of hydrogen-bond donors (Lipinski definition) is 0. The molecular formula is C20H25NO5. The lowest BCUT2D eigenvalue weighted by Gasteiger charge is -2.34. The average molecular weight is 359 g/mol. The van der Waals surface area contributed by atoms with Gasteiger partial charge in [-0.25, -0.2) is 4.79 Å². The summed E-state index contributed by atoms with van der Waals surface area (Å²) in [7, 11) is 0. The largest absolute Gasteiger partial charge is 0.486 e. The van der Waals surface area contributed by atoms with Crippen LogP contribution in [0.25, 0.3) is 6.08 Å². The van der Waals surface area contributed by atoms with Crippen molar-refractivity contribution in [1.29, 1.82) is 0 Å². The van der Waals surface area contributed by atoms with E-state index in [1.807, 2.05) is 12.1 Å². The van der Waals surface area contributed by atoms with Gasteiger partial charge < -0.3 is 19.1 Å². The average Bonchev–Trinajstić information content (AvgIpc) is 2.63. The molecule has 0 radical (unpaired) electrons. The van der Waals surface area contributed by atoms with Gasteiger partial charge in [0.15, 0.2) is 18.1 Å². The molecule has 26 heavy (non-hydrogen) atoms. The molecule has 6 heteroatoms. The first kappa shape index (κ1) is 18.3. The van der Waals surface area contributed by atoms with Crippen molar-refractivity contribution in [2.24, 2.45) is 11.8 Å². The summed E-state index contributed by atoms with van der Waals surface area (Å²) in [5.41, 5.74) is 0.802. The Bertz CT molecular complexity index is 689. The molecule has 3 rings (SSSR count). The van der Waals surface area contributed by atoms with E-state index in [0.717, 1.165) is 25.1 Å². The zero-order valence-electron chi connectivity index (χ0n) is 15.3. The Morgan fingerprint density at radius 3 is 2.58 bits per heavy atom. The van der Waals surface area contributed by atoms with Gasteiger partial charge >= 0.3 is 5.97 Å². The van der Waals surface area contributed by atoms with Gasteiger partial charge in [0.05, 0.1) is 0 Å². The lowest BCUT2D eigenvalue weighted by molar-refractivity contribution is -0.149. The summed E-state index contributed by atoms with van der Waals surface area (Å²) in [5.74, 6) is 1.65. The molecule has 2 aliphatic heterocycles. The first-order valence-corrected chi connectivity index (χ1v) is 9.03. The van der Waals surface area contributed by atoms with Gasteiger partial charge in [0.1, 0.15) is 13.2 Å². The van der Waals surface area contributed by atoms with Crippen molar-refractivity contribution in [3.05, 3.63) is 29.8 Å². The van der Waals surface area contributed by atoms with Gasteiger partial charge in [0.25, 0.3) is 5.91 Å². The van der Waals surface area contributed by atoms with Crippen LogP contribution in [0.2, 0.25) is 0 Å². The Morgan fingerprint density at radius 2 is 1.85 bits per heavy atom. The second-order valence-electron chi connectivity index (χ2n) is 7.09. The quantitative estimate of drug-likeness (QED) is 0.610. The number of amides is 1. The molecule has 0 aliphatic carbocycles. The number of fused-ring (bicyclic) bond motifs is 1. The van der Waals surface area contributed by atoms with E-state index in [9.17, 15) is 9.59 Å². The first-order valence-electron chi connectivity index (χ1n) is 9.03. The van der Waals surface area contributed by atoms with Gasteiger partial charge in [-0.15, -0.1) is 0 Å². The maximum Gasteiger partial charge on any atom is 0.331 e. The summed E-state index contributed by atoms with van der Waals surface area (Å²) < 4.78 is 16.1. The topological polar surface area (TPSA) is 65.1 Å². The molecule has 1 amide bonds. The lowest BCUT2D eigenvalue weighted by Crippen LogP contribution is -2.44. The molecule has 0 aromatic heterocycles. The summed E-state index contributed by atoms with van der Waals surface area (Å²) in [5, 5.41) is 0. The van der Waals surface area contributed by atoms with E-state index < -0.39 is 5.97 Å². The highest BCUT2D eigenvalue weighted by Gasteiger charge is 2.25. The van der Waals surface area contributed by atoms with Gasteiger partial charge in [0, 0.05) is 19.2 Å².